The maximum absolute atomic E-state index is 13.4. The Morgan fingerprint density at radius 2 is 0.912 bits per heavy atom. The first kappa shape index (κ1) is 23.0. The molecule has 8 bridgehead atoms. The number of hydrogen-bond donors (Lipinski definition) is 0. The Balaban J connectivity index is 0.950. The molecule has 1 aliphatic heterocycles. The van der Waals surface area contributed by atoms with Crippen LogP contribution >= 0.6 is 31.9 Å². The minimum Gasteiger partial charge on any atom is -0.339 e. The van der Waals surface area contributed by atoms with E-state index in [-0.39, 0.29) is 10.8 Å². The topological polar surface area (TPSA) is 40.6 Å². The molecule has 0 N–H and O–H groups in total. The van der Waals surface area contributed by atoms with Gasteiger partial charge in [0.25, 0.3) is 0 Å². The largest absolute Gasteiger partial charge is 0.339 e. The van der Waals surface area contributed by atoms with Crippen LogP contribution in [0.2, 0.25) is 0 Å². The lowest BCUT2D eigenvalue weighted by atomic mass is 9.48. The molecule has 8 saturated carbocycles. The van der Waals surface area contributed by atoms with Gasteiger partial charge in [0.05, 0.1) is 0 Å². The van der Waals surface area contributed by atoms with Crippen LogP contribution in [-0.4, -0.2) is 56.4 Å². The highest BCUT2D eigenvalue weighted by Crippen LogP contribution is 2.66. The van der Waals surface area contributed by atoms with Crippen molar-refractivity contribution in [1.29, 1.82) is 0 Å². The Hall–Kier alpha value is -0.100. The lowest BCUT2D eigenvalue weighted by molar-refractivity contribution is -0.147. The molecule has 9 rings (SSSR count). The van der Waals surface area contributed by atoms with Crippen molar-refractivity contribution in [2.75, 3.05) is 26.2 Å². The SMILES string of the molecule is O=C(CC12C[C@H]3C[C@@H](CC(Br)(C3)C1)C2)N1CCN(C(=O)CC23C[C@H]4C[C@@H](CC(Br)(C4)C2)C3)CC1. The molecule has 9 fully saturated rings. The number of rotatable bonds is 4. The molecule has 0 spiro atoms. The number of carbonyl (C=O) groups is 2. The Bertz CT molecular complexity index is 797. The molecular formula is C28H40Br2N2O2. The maximum Gasteiger partial charge on any atom is 0.223 e. The van der Waals surface area contributed by atoms with Gasteiger partial charge in [-0.1, -0.05) is 31.9 Å². The summed E-state index contributed by atoms with van der Waals surface area (Å²) in [4.78, 5) is 31.0. The zero-order valence-corrected chi connectivity index (χ0v) is 23.7. The number of piperazine rings is 1. The van der Waals surface area contributed by atoms with Crippen molar-refractivity contribution >= 4 is 43.7 Å². The average molecular weight is 596 g/mol. The molecule has 1 saturated heterocycles. The number of amides is 2. The van der Waals surface area contributed by atoms with Gasteiger partial charge in [0.1, 0.15) is 0 Å². The monoisotopic (exact) mass is 594 g/mol. The van der Waals surface area contributed by atoms with Crippen LogP contribution in [0.1, 0.15) is 89.9 Å². The van der Waals surface area contributed by atoms with E-state index >= 15 is 0 Å². The molecule has 4 nitrogen and oxygen atoms in total. The van der Waals surface area contributed by atoms with Gasteiger partial charge in [-0.3, -0.25) is 9.59 Å². The highest BCUT2D eigenvalue weighted by Gasteiger charge is 2.58. The lowest BCUT2D eigenvalue weighted by Gasteiger charge is -2.60. The van der Waals surface area contributed by atoms with Gasteiger partial charge in [-0.25, -0.2) is 0 Å². The van der Waals surface area contributed by atoms with E-state index in [2.05, 4.69) is 41.7 Å². The number of halogens is 2. The van der Waals surface area contributed by atoms with Gasteiger partial charge in [0.2, 0.25) is 11.8 Å². The quantitative estimate of drug-likeness (QED) is 0.379. The summed E-state index contributed by atoms with van der Waals surface area (Å²) in [5, 5.41) is 0. The van der Waals surface area contributed by atoms with Crippen LogP contribution in [0.15, 0.2) is 0 Å². The summed E-state index contributed by atoms with van der Waals surface area (Å²) in [7, 11) is 0. The van der Waals surface area contributed by atoms with Crippen molar-refractivity contribution in [1.82, 2.24) is 9.80 Å². The first-order chi connectivity index (χ1) is 16.1. The summed E-state index contributed by atoms with van der Waals surface area (Å²) in [6.45, 7) is 2.92. The van der Waals surface area contributed by atoms with E-state index in [1.165, 1.54) is 77.0 Å². The highest BCUT2D eigenvalue weighted by atomic mass is 79.9. The lowest BCUT2D eigenvalue weighted by Crippen LogP contribution is -2.57. The first-order valence-corrected chi connectivity index (χ1v) is 15.6. The fourth-order valence-electron chi connectivity index (χ4n) is 11.2. The van der Waals surface area contributed by atoms with E-state index in [9.17, 15) is 9.59 Å². The van der Waals surface area contributed by atoms with Crippen molar-refractivity contribution in [3.63, 3.8) is 0 Å². The number of nitrogens with zero attached hydrogens (tertiary/aromatic N) is 2. The van der Waals surface area contributed by atoms with Crippen LogP contribution in [0, 0.1) is 34.5 Å². The van der Waals surface area contributed by atoms with Gasteiger partial charge in [0.15, 0.2) is 0 Å². The predicted molar refractivity (Wildman–Crippen MR) is 140 cm³/mol. The standard InChI is InChI=1S/C28H40Br2N2O2/c29-27-11-19-5-20(12-27)8-25(7-19,17-27)15-23(33)31-1-2-32(4-3-31)24(34)16-26-9-21-6-22(10-26)14-28(30,13-21)18-26/h19-22H,1-18H2/t19-,20-,21-,22-,25?,26?,27?,28?/m1/s1. The zero-order valence-electron chi connectivity index (χ0n) is 20.5. The molecule has 188 valence electrons. The van der Waals surface area contributed by atoms with Gasteiger partial charge in [-0.2, -0.15) is 0 Å². The van der Waals surface area contributed by atoms with Crippen LogP contribution in [0.5, 0.6) is 0 Å². The van der Waals surface area contributed by atoms with Gasteiger partial charge in [-0.05, 0) is 112 Å². The summed E-state index contributed by atoms with van der Waals surface area (Å²) >= 11 is 8.20. The van der Waals surface area contributed by atoms with Crippen LogP contribution in [0.3, 0.4) is 0 Å². The molecule has 1 heterocycles. The second-order valence-corrected chi connectivity index (χ2v) is 17.7. The molecule has 4 atom stereocenters. The summed E-state index contributed by atoms with van der Waals surface area (Å²) in [6, 6.07) is 0. The molecular weight excluding hydrogens is 556 g/mol. The summed E-state index contributed by atoms with van der Waals surface area (Å²) in [5.41, 5.74) is 0.476. The van der Waals surface area contributed by atoms with Crippen LogP contribution in [0.25, 0.3) is 0 Å². The minimum absolute atomic E-state index is 0.238. The van der Waals surface area contributed by atoms with E-state index in [1.54, 1.807) is 0 Å². The van der Waals surface area contributed by atoms with E-state index in [0.717, 1.165) is 62.7 Å². The van der Waals surface area contributed by atoms with Crippen molar-refractivity contribution in [2.24, 2.45) is 34.5 Å². The molecule has 0 radical (unpaired) electrons. The maximum atomic E-state index is 13.4. The Morgan fingerprint density at radius 1 is 0.588 bits per heavy atom. The van der Waals surface area contributed by atoms with Crippen molar-refractivity contribution in [2.45, 2.75) is 98.5 Å². The Labute approximate surface area is 221 Å². The summed E-state index contributed by atoms with van der Waals surface area (Å²) < 4.78 is 0.626. The fraction of sp³-hybridized carbons (Fsp3) is 0.929. The van der Waals surface area contributed by atoms with Crippen LogP contribution < -0.4 is 0 Å². The molecule has 9 aliphatic rings. The summed E-state index contributed by atoms with van der Waals surface area (Å²) in [5.74, 6) is 4.01. The second kappa shape index (κ2) is 7.71. The Kier molecular flexibility index (Phi) is 5.23. The van der Waals surface area contributed by atoms with Gasteiger partial charge >= 0.3 is 0 Å². The van der Waals surface area contributed by atoms with Crippen molar-refractivity contribution in [3.8, 4) is 0 Å². The smallest absolute Gasteiger partial charge is 0.223 e. The molecule has 34 heavy (non-hydrogen) atoms. The molecule has 0 unspecified atom stereocenters. The van der Waals surface area contributed by atoms with E-state index in [4.69, 9.17) is 0 Å². The zero-order chi connectivity index (χ0) is 23.3. The predicted octanol–water partition coefficient (Wildman–Crippen LogP) is 5.91. The average Bonchev–Trinajstić information content (AvgIpc) is 2.69. The fourth-order valence-corrected chi connectivity index (χ4v) is 14.2. The number of alkyl halides is 2. The first-order valence-electron chi connectivity index (χ1n) is 14.1. The molecule has 0 aromatic heterocycles. The van der Waals surface area contributed by atoms with Gasteiger partial charge in [-0.15, -0.1) is 0 Å². The van der Waals surface area contributed by atoms with Crippen molar-refractivity contribution in [3.05, 3.63) is 0 Å². The molecule has 0 aromatic rings. The van der Waals surface area contributed by atoms with Crippen LogP contribution in [-0.2, 0) is 9.59 Å². The molecule has 8 aliphatic carbocycles. The van der Waals surface area contributed by atoms with Crippen molar-refractivity contribution < 1.29 is 9.59 Å². The summed E-state index contributed by atoms with van der Waals surface area (Å²) in [6.07, 6.45) is 17.0. The number of carbonyl (C=O) groups excluding carboxylic acids is 2. The third kappa shape index (κ3) is 3.94. The minimum atomic E-state index is 0.238. The van der Waals surface area contributed by atoms with Crippen LogP contribution in [0.4, 0.5) is 0 Å². The normalized spacial score (nSPS) is 50.8. The highest BCUT2D eigenvalue weighted by molar-refractivity contribution is 9.10. The molecule has 6 heteroatoms. The Morgan fingerprint density at radius 3 is 1.21 bits per heavy atom. The van der Waals surface area contributed by atoms with Gasteiger partial charge < -0.3 is 9.80 Å². The number of hydrogen-bond acceptors (Lipinski definition) is 2. The molecule has 0 aromatic carbocycles. The second-order valence-electron chi connectivity index (χ2n) is 14.3. The van der Waals surface area contributed by atoms with Gasteiger partial charge in [0, 0.05) is 47.7 Å². The molecule has 2 amide bonds. The van der Waals surface area contributed by atoms with E-state index in [1.807, 2.05) is 0 Å². The third-order valence-corrected chi connectivity index (χ3v) is 13.1. The third-order valence-electron chi connectivity index (χ3n) is 11.3. The van der Waals surface area contributed by atoms with E-state index in [0.29, 0.717) is 20.5 Å². The van der Waals surface area contributed by atoms with E-state index < -0.39 is 0 Å².